The lowest BCUT2D eigenvalue weighted by Crippen LogP contribution is -2.30. The molecule has 0 aliphatic heterocycles. The second-order valence-corrected chi connectivity index (χ2v) is 4.40. The predicted octanol–water partition coefficient (Wildman–Crippen LogP) is 2.70. The number of carbonyl (C=O) groups is 1. The second kappa shape index (κ2) is 6.71. The van der Waals surface area contributed by atoms with Gasteiger partial charge >= 0.3 is 0 Å². The van der Waals surface area contributed by atoms with E-state index in [1.165, 1.54) is 18.2 Å². The lowest BCUT2D eigenvalue weighted by Gasteiger charge is -2.17. The average molecular weight is 304 g/mol. The third-order valence-corrected chi connectivity index (χ3v) is 2.94. The standard InChI is InChI=1S/C12H15BrFNO2/c1-3-17-7-6-15(2)12(16)10-5-4-9(14)8-11(10)13/h4-5,8H,3,6-7H2,1-2H3. The number of hydrogen-bond donors (Lipinski definition) is 0. The molecular weight excluding hydrogens is 289 g/mol. The molecule has 0 aliphatic rings. The van der Waals surface area contributed by atoms with E-state index in [0.717, 1.165) is 0 Å². The Balaban J connectivity index is 2.68. The second-order valence-electron chi connectivity index (χ2n) is 3.55. The Morgan fingerprint density at radius 1 is 1.53 bits per heavy atom. The summed E-state index contributed by atoms with van der Waals surface area (Å²) in [6.07, 6.45) is 0. The number of rotatable bonds is 5. The molecule has 17 heavy (non-hydrogen) atoms. The number of likely N-dealkylation sites (N-methyl/N-ethyl adjacent to an activating group) is 1. The van der Waals surface area contributed by atoms with Crippen molar-refractivity contribution in [1.29, 1.82) is 0 Å². The molecular formula is C12H15BrFNO2. The molecule has 0 aliphatic carbocycles. The van der Waals surface area contributed by atoms with Crippen LogP contribution in [-0.4, -0.2) is 37.6 Å². The Labute approximate surface area is 109 Å². The van der Waals surface area contributed by atoms with Crippen molar-refractivity contribution in [2.75, 3.05) is 26.8 Å². The van der Waals surface area contributed by atoms with E-state index in [-0.39, 0.29) is 11.7 Å². The van der Waals surface area contributed by atoms with Gasteiger partial charge in [-0.1, -0.05) is 0 Å². The van der Waals surface area contributed by atoms with E-state index in [0.29, 0.717) is 29.8 Å². The topological polar surface area (TPSA) is 29.5 Å². The first-order chi connectivity index (χ1) is 8.06. The highest BCUT2D eigenvalue weighted by molar-refractivity contribution is 9.10. The van der Waals surface area contributed by atoms with Crippen LogP contribution in [0.2, 0.25) is 0 Å². The van der Waals surface area contributed by atoms with Gasteiger partial charge in [0.1, 0.15) is 5.82 Å². The molecule has 0 unspecified atom stereocenters. The van der Waals surface area contributed by atoms with Crippen LogP contribution in [0.15, 0.2) is 22.7 Å². The molecule has 1 amide bonds. The van der Waals surface area contributed by atoms with Gasteiger partial charge in [-0.2, -0.15) is 0 Å². The Bertz CT molecular complexity index is 398. The molecule has 0 spiro atoms. The van der Waals surface area contributed by atoms with Crippen LogP contribution in [0.5, 0.6) is 0 Å². The van der Waals surface area contributed by atoms with Crippen molar-refractivity contribution >= 4 is 21.8 Å². The van der Waals surface area contributed by atoms with Gasteiger partial charge in [0.15, 0.2) is 0 Å². The highest BCUT2D eigenvalue weighted by atomic mass is 79.9. The Morgan fingerprint density at radius 3 is 2.82 bits per heavy atom. The van der Waals surface area contributed by atoms with Gasteiger partial charge in [-0.25, -0.2) is 4.39 Å². The van der Waals surface area contributed by atoms with E-state index in [2.05, 4.69) is 15.9 Å². The quantitative estimate of drug-likeness (QED) is 0.783. The third-order valence-electron chi connectivity index (χ3n) is 2.28. The smallest absolute Gasteiger partial charge is 0.254 e. The van der Waals surface area contributed by atoms with E-state index < -0.39 is 0 Å². The highest BCUT2D eigenvalue weighted by Crippen LogP contribution is 2.19. The fraction of sp³-hybridized carbons (Fsp3) is 0.417. The molecule has 1 aromatic carbocycles. The first kappa shape index (κ1) is 14.1. The van der Waals surface area contributed by atoms with Crippen LogP contribution in [0.25, 0.3) is 0 Å². The maximum absolute atomic E-state index is 12.9. The van der Waals surface area contributed by atoms with Crippen LogP contribution in [0.1, 0.15) is 17.3 Å². The number of benzene rings is 1. The predicted molar refractivity (Wildman–Crippen MR) is 67.6 cm³/mol. The van der Waals surface area contributed by atoms with Crippen molar-refractivity contribution in [2.24, 2.45) is 0 Å². The van der Waals surface area contributed by atoms with Gasteiger partial charge in [0.05, 0.1) is 12.2 Å². The number of halogens is 2. The lowest BCUT2D eigenvalue weighted by molar-refractivity contribution is 0.0709. The molecule has 3 nitrogen and oxygen atoms in total. The molecule has 0 bridgehead atoms. The zero-order valence-corrected chi connectivity index (χ0v) is 11.5. The van der Waals surface area contributed by atoms with Crippen LogP contribution in [0.4, 0.5) is 4.39 Å². The summed E-state index contributed by atoms with van der Waals surface area (Å²) in [5, 5.41) is 0. The molecule has 94 valence electrons. The van der Waals surface area contributed by atoms with Gasteiger partial charge in [0.2, 0.25) is 0 Å². The number of carbonyl (C=O) groups excluding carboxylic acids is 1. The van der Waals surface area contributed by atoms with Crippen LogP contribution in [0.3, 0.4) is 0 Å². The summed E-state index contributed by atoms with van der Waals surface area (Å²) in [5.74, 6) is -0.526. The Kier molecular flexibility index (Phi) is 5.58. The number of nitrogens with zero attached hydrogens (tertiary/aromatic N) is 1. The fourth-order valence-electron chi connectivity index (χ4n) is 1.32. The minimum atomic E-state index is -0.370. The van der Waals surface area contributed by atoms with Crippen LogP contribution < -0.4 is 0 Å². The van der Waals surface area contributed by atoms with Crippen LogP contribution >= 0.6 is 15.9 Å². The van der Waals surface area contributed by atoms with E-state index in [4.69, 9.17) is 4.74 Å². The minimum absolute atomic E-state index is 0.156. The van der Waals surface area contributed by atoms with Crippen molar-refractivity contribution in [3.05, 3.63) is 34.1 Å². The zero-order chi connectivity index (χ0) is 12.8. The van der Waals surface area contributed by atoms with Crippen molar-refractivity contribution < 1.29 is 13.9 Å². The van der Waals surface area contributed by atoms with Crippen molar-refractivity contribution in [3.63, 3.8) is 0 Å². The Hall–Kier alpha value is -0.940. The largest absolute Gasteiger partial charge is 0.380 e. The molecule has 0 N–H and O–H groups in total. The van der Waals surface area contributed by atoms with E-state index >= 15 is 0 Å². The summed E-state index contributed by atoms with van der Waals surface area (Å²) >= 11 is 3.18. The Morgan fingerprint density at radius 2 is 2.24 bits per heavy atom. The number of ether oxygens (including phenoxy) is 1. The molecule has 0 heterocycles. The maximum Gasteiger partial charge on any atom is 0.254 e. The molecule has 0 atom stereocenters. The number of amides is 1. The molecule has 0 radical (unpaired) electrons. The van der Waals surface area contributed by atoms with Gasteiger partial charge < -0.3 is 9.64 Å². The third kappa shape index (κ3) is 4.09. The molecule has 5 heteroatoms. The minimum Gasteiger partial charge on any atom is -0.380 e. The van der Waals surface area contributed by atoms with Gasteiger partial charge in [-0.3, -0.25) is 4.79 Å². The highest BCUT2D eigenvalue weighted by Gasteiger charge is 2.14. The van der Waals surface area contributed by atoms with Crippen LogP contribution in [0, 0.1) is 5.82 Å². The fourth-order valence-corrected chi connectivity index (χ4v) is 1.84. The summed E-state index contributed by atoms with van der Waals surface area (Å²) < 4.78 is 18.5. The molecule has 0 aromatic heterocycles. The molecule has 1 rings (SSSR count). The average Bonchev–Trinajstić information content (AvgIpc) is 2.28. The normalized spacial score (nSPS) is 10.4. The summed E-state index contributed by atoms with van der Waals surface area (Å²) in [6.45, 7) is 3.54. The van der Waals surface area contributed by atoms with E-state index in [1.807, 2.05) is 6.92 Å². The van der Waals surface area contributed by atoms with Gasteiger partial charge in [0, 0.05) is 24.7 Å². The summed E-state index contributed by atoms with van der Waals surface area (Å²) in [6, 6.07) is 4.02. The summed E-state index contributed by atoms with van der Waals surface area (Å²) in [7, 11) is 1.69. The van der Waals surface area contributed by atoms with Gasteiger partial charge in [0.25, 0.3) is 5.91 Å². The lowest BCUT2D eigenvalue weighted by atomic mass is 10.2. The van der Waals surface area contributed by atoms with Crippen LogP contribution in [-0.2, 0) is 4.74 Å². The SMILES string of the molecule is CCOCCN(C)C(=O)c1ccc(F)cc1Br. The first-order valence-electron chi connectivity index (χ1n) is 5.34. The monoisotopic (exact) mass is 303 g/mol. The maximum atomic E-state index is 12.9. The molecule has 0 fully saturated rings. The molecule has 1 aromatic rings. The van der Waals surface area contributed by atoms with Gasteiger partial charge in [-0.05, 0) is 41.1 Å². The van der Waals surface area contributed by atoms with Crippen molar-refractivity contribution in [3.8, 4) is 0 Å². The number of hydrogen-bond acceptors (Lipinski definition) is 2. The molecule has 0 saturated carbocycles. The van der Waals surface area contributed by atoms with E-state index in [9.17, 15) is 9.18 Å². The zero-order valence-electron chi connectivity index (χ0n) is 9.87. The van der Waals surface area contributed by atoms with Crippen molar-refractivity contribution in [1.82, 2.24) is 4.90 Å². The molecule has 0 saturated heterocycles. The van der Waals surface area contributed by atoms with Gasteiger partial charge in [-0.15, -0.1) is 0 Å². The van der Waals surface area contributed by atoms with E-state index in [1.54, 1.807) is 11.9 Å². The summed E-state index contributed by atoms with van der Waals surface area (Å²) in [4.78, 5) is 13.5. The van der Waals surface area contributed by atoms with Crippen molar-refractivity contribution in [2.45, 2.75) is 6.92 Å². The first-order valence-corrected chi connectivity index (χ1v) is 6.13. The summed E-state index contributed by atoms with van der Waals surface area (Å²) in [5.41, 5.74) is 0.449.